The van der Waals surface area contributed by atoms with E-state index in [1.165, 1.54) is 0 Å². The summed E-state index contributed by atoms with van der Waals surface area (Å²) in [4.78, 5) is 14.2. The zero-order valence-corrected chi connectivity index (χ0v) is 17.4. The molecule has 0 aliphatic carbocycles. The van der Waals surface area contributed by atoms with Crippen molar-refractivity contribution in [3.63, 3.8) is 0 Å². The molecule has 0 saturated carbocycles. The normalized spacial score (nSPS) is 17.6. The van der Waals surface area contributed by atoms with Gasteiger partial charge in [0.15, 0.2) is 0 Å². The molecule has 1 fully saturated rings. The second-order valence-electron chi connectivity index (χ2n) is 7.38. The molecular weight excluding hydrogens is 390 g/mol. The lowest BCUT2D eigenvalue weighted by Gasteiger charge is -2.20. The molecule has 1 aliphatic heterocycles. The van der Waals surface area contributed by atoms with Gasteiger partial charge in [0.2, 0.25) is 0 Å². The zero-order chi connectivity index (χ0) is 20.7. The lowest BCUT2D eigenvalue weighted by molar-refractivity contribution is 0.0966. The average Bonchev–Trinajstić information content (AvgIpc) is 2.97. The Bertz CT molecular complexity index is 897. The zero-order valence-electron chi connectivity index (χ0n) is 16.6. The van der Waals surface area contributed by atoms with Gasteiger partial charge in [0.1, 0.15) is 6.61 Å². The van der Waals surface area contributed by atoms with Crippen molar-refractivity contribution in [3.8, 4) is 0 Å². The van der Waals surface area contributed by atoms with E-state index < -0.39 is 10.1 Å². The Kier molecular flexibility index (Phi) is 7.28. The maximum Gasteiger partial charge on any atom is 0.410 e. The Morgan fingerprint density at radius 1 is 1.03 bits per heavy atom. The quantitative estimate of drug-likeness (QED) is 0.661. The molecule has 7 heteroatoms. The van der Waals surface area contributed by atoms with Crippen molar-refractivity contribution in [2.24, 2.45) is 5.92 Å². The van der Waals surface area contributed by atoms with Crippen LogP contribution in [0.5, 0.6) is 0 Å². The van der Waals surface area contributed by atoms with E-state index in [1.807, 2.05) is 37.3 Å². The number of aryl methyl sites for hydroxylation is 1. The van der Waals surface area contributed by atoms with Crippen LogP contribution in [0.1, 0.15) is 30.4 Å². The lowest BCUT2D eigenvalue weighted by Crippen LogP contribution is -2.32. The fraction of sp³-hybridized carbons (Fsp3) is 0.409. The summed E-state index contributed by atoms with van der Waals surface area (Å²) in [5, 5.41) is 0. The van der Waals surface area contributed by atoms with E-state index in [0.29, 0.717) is 19.5 Å². The number of hydrogen-bond acceptors (Lipinski definition) is 5. The maximum absolute atomic E-state index is 12.4. The minimum Gasteiger partial charge on any atom is -0.445 e. The van der Waals surface area contributed by atoms with E-state index in [1.54, 1.807) is 29.2 Å². The van der Waals surface area contributed by atoms with Crippen LogP contribution in [0.25, 0.3) is 0 Å². The first-order chi connectivity index (χ1) is 13.9. The minimum atomic E-state index is -3.76. The third-order valence-electron chi connectivity index (χ3n) is 5.08. The molecule has 3 rings (SSSR count). The van der Waals surface area contributed by atoms with Crippen LogP contribution in [0.4, 0.5) is 4.79 Å². The molecule has 0 bridgehead atoms. The van der Waals surface area contributed by atoms with Crippen molar-refractivity contribution in [1.82, 2.24) is 4.90 Å². The van der Waals surface area contributed by atoms with Gasteiger partial charge < -0.3 is 9.64 Å². The minimum absolute atomic E-state index is 0.0853. The van der Waals surface area contributed by atoms with Crippen LogP contribution < -0.4 is 0 Å². The van der Waals surface area contributed by atoms with Crippen molar-refractivity contribution in [1.29, 1.82) is 0 Å². The molecule has 156 valence electrons. The Labute approximate surface area is 172 Å². The van der Waals surface area contributed by atoms with E-state index in [2.05, 4.69) is 0 Å². The van der Waals surface area contributed by atoms with Crippen molar-refractivity contribution >= 4 is 16.2 Å². The summed E-state index contributed by atoms with van der Waals surface area (Å²) < 4.78 is 35.4. The van der Waals surface area contributed by atoms with Crippen LogP contribution in [0.2, 0.25) is 0 Å². The molecule has 2 aromatic carbocycles. The molecule has 0 aromatic heterocycles. The summed E-state index contributed by atoms with van der Waals surface area (Å²) in [6.45, 7) is 3.42. The summed E-state index contributed by atoms with van der Waals surface area (Å²) in [5.74, 6) is 0.0853. The molecule has 29 heavy (non-hydrogen) atoms. The van der Waals surface area contributed by atoms with Gasteiger partial charge in [-0.05, 0) is 49.8 Å². The monoisotopic (exact) mass is 417 g/mol. The standard InChI is InChI=1S/C22H27NO5S/c1-18-9-11-21(12-10-18)29(25,26)28-17-20-8-5-14-23(15-13-20)22(24)27-16-19-6-3-2-4-7-19/h2-4,6-7,9-12,20H,5,8,13-17H2,1H3/t20-/m0/s1. The van der Waals surface area contributed by atoms with Crippen LogP contribution in [-0.4, -0.2) is 39.1 Å². The Morgan fingerprint density at radius 2 is 1.76 bits per heavy atom. The number of likely N-dealkylation sites (tertiary alicyclic amines) is 1. The largest absolute Gasteiger partial charge is 0.445 e. The SMILES string of the molecule is Cc1ccc(S(=O)(=O)OC[C@H]2CCCN(C(=O)OCc3ccccc3)CC2)cc1. The highest BCUT2D eigenvalue weighted by Gasteiger charge is 2.24. The van der Waals surface area contributed by atoms with Crippen LogP contribution in [0, 0.1) is 12.8 Å². The molecule has 1 heterocycles. The number of benzene rings is 2. The van der Waals surface area contributed by atoms with E-state index in [4.69, 9.17) is 8.92 Å². The number of rotatable bonds is 6. The second-order valence-corrected chi connectivity index (χ2v) is 8.99. The first-order valence-corrected chi connectivity index (χ1v) is 11.3. The maximum atomic E-state index is 12.4. The predicted octanol–water partition coefficient (Wildman–Crippen LogP) is 4.14. The number of amides is 1. The summed E-state index contributed by atoms with van der Waals surface area (Å²) in [5.41, 5.74) is 1.94. The highest BCUT2D eigenvalue weighted by Crippen LogP contribution is 2.21. The highest BCUT2D eigenvalue weighted by molar-refractivity contribution is 7.86. The molecule has 0 unspecified atom stereocenters. The Balaban J connectivity index is 1.46. The van der Waals surface area contributed by atoms with Crippen LogP contribution in [0.3, 0.4) is 0 Å². The van der Waals surface area contributed by atoms with Gasteiger partial charge in [-0.3, -0.25) is 4.18 Å². The van der Waals surface area contributed by atoms with Crippen molar-refractivity contribution in [2.75, 3.05) is 19.7 Å². The number of hydrogen-bond donors (Lipinski definition) is 0. The Morgan fingerprint density at radius 3 is 2.48 bits per heavy atom. The van der Waals surface area contributed by atoms with E-state index >= 15 is 0 Å². The molecule has 1 aliphatic rings. The van der Waals surface area contributed by atoms with Crippen molar-refractivity contribution in [2.45, 2.75) is 37.7 Å². The number of ether oxygens (including phenoxy) is 1. The fourth-order valence-electron chi connectivity index (χ4n) is 3.28. The van der Waals surface area contributed by atoms with E-state index in [-0.39, 0.29) is 30.1 Å². The lowest BCUT2D eigenvalue weighted by atomic mass is 10.0. The second kappa shape index (κ2) is 9.89. The fourth-order valence-corrected chi connectivity index (χ4v) is 4.26. The molecule has 1 saturated heterocycles. The predicted molar refractivity (Wildman–Crippen MR) is 110 cm³/mol. The Hall–Kier alpha value is -2.38. The van der Waals surface area contributed by atoms with E-state index in [9.17, 15) is 13.2 Å². The van der Waals surface area contributed by atoms with Gasteiger partial charge in [-0.2, -0.15) is 8.42 Å². The van der Waals surface area contributed by atoms with E-state index in [0.717, 1.165) is 24.0 Å². The summed E-state index contributed by atoms with van der Waals surface area (Å²) >= 11 is 0. The number of carbonyl (C=O) groups excluding carboxylic acids is 1. The molecule has 1 atom stereocenters. The summed E-state index contributed by atoms with van der Waals surface area (Å²) in [6, 6.07) is 16.2. The number of carbonyl (C=O) groups is 1. The van der Waals surface area contributed by atoms with Gasteiger partial charge >= 0.3 is 6.09 Å². The molecule has 0 spiro atoms. The van der Waals surface area contributed by atoms with Gasteiger partial charge in [0, 0.05) is 13.1 Å². The van der Waals surface area contributed by atoms with Crippen LogP contribution >= 0.6 is 0 Å². The van der Waals surface area contributed by atoms with Gasteiger partial charge in [-0.15, -0.1) is 0 Å². The van der Waals surface area contributed by atoms with Gasteiger partial charge in [0.25, 0.3) is 10.1 Å². The van der Waals surface area contributed by atoms with Gasteiger partial charge in [-0.25, -0.2) is 4.79 Å². The smallest absolute Gasteiger partial charge is 0.410 e. The molecule has 0 N–H and O–H groups in total. The van der Waals surface area contributed by atoms with Gasteiger partial charge in [0.05, 0.1) is 11.5 Å². The van der Waals surface area contributed by atoms with Gasteiger partial charge in [-0.1, -0.05) is 48.0 Å². The first-order valence-electron chi connectivity index (χ1n) is 9.86. The van der Waals surface area contributed by atoms with Crippen LogP contribution in [-0.2, 0) is 25.6 Å². The topological polar surface area (TPSA) is 72.9 Å². The summed E-state index contributed by atoms with van der Waals surface area (Å²) in [6.07, 6.45) is 1.96. The summed E-state index contributed by atoms with van der Waals surface area (Å²) in [7, 11) is -3.76. The first kappa shape index (κ1) is 21.3. The molecule has 1 amide bonds. The molecule has 0 radical (unpaired) electrons. The van der Waals surface area contributed by atoms with Crippen LogP contribution in [0.15, 0.2) is 59.5 Å². The molecular formula is C22H27NO5S. The highest BCUT2D eigenvalue weighted by atomic mass is 32.2. The third kappa shape index (κ3) is 6.30. The molecule has 2 aromatic rings. The third-order valence-corrected chi connectivity index (χ3v) is 6.38. The van der Waals surface area contributed by atoms with Crippen molar-refractivity contribution in [3.05, 3.63) is 65.7 Å². The van der Waals surface area contributed by atoms with Crippen molar-refractivity contribution < 1.29 is 22.1 Å². The average molecular weight is 418 g/mol. The number of nitrogens with zero attached hydrogens (tertiary/aromatic N) is 1. The molecule has 6 nitrogen and oxygen atoms in total.